The first-order valence-corrected chi connectivity index (χ1v) is 7.64. The summed E-state index contributed by atoms with van der Waals surface area (Å²) in [5.41, 5.74) is 5.09. The second-order valence-electron chi connectivity index (χ2n) is 5.42. The molecule has 0 amide bonds. The highest BCUT2D eigenvalue weighted by molar-refractivity contribution is 5.10. The molecular formula is C18H24N6. The van der Waals surface area contributed by atoms with E-state index in [1.807, 2.05) is 53.8 Å². The van der Waals surface area contributed by atoms with Crippen molar-refractivity contribution in [3.8, 4) is 0 Å². The van der Waals surface area contributed by atoms with E-state index in [0.29, 0.717) is 0 Å². The summed E-state index contributed by atoms with van der Waals surface area (Å²) >= 11 is 0. The number of rotatable bonds is 0. The van der Waals surface area contributed by atoms with Crippen LogP contribution in [0, 0.1) is 41.5 Å². The second-order valence-corrected chi connectivity index (χ2v) is 5.42. The molecule has 6 nitrogen and oxygen atoms in total. The topological polar surface area (TPSA) is 77.3 Å². The molecule has 0 radical (unpaired) electrons. The Balaban J connectivity index is 0.000000180. The van der Waals surface area contributed by atoms with E-state index in [2.05, 4.69) is 36.2 Å². The third kappa shape index (κ3) is 8.63. The van der Waals surface area contributed by atoms with Gasteiger partial charge in [0.05, 0.1) is 23.3 Å². The standard InChI is InChI=1S/C7H9N.C6H8N2.C5H7N3/c1-6-3-4-7(2)8-5-6;1-5-3-8-6(2)4-7-5;1-4-3-6-5(2)8-7-4/h3-5H,1-2H3;3-4H,1-2H3;3H,1-2H3. The first kappa shape index (κ1) is 19.3. The van der Waals surface area contributed by atoms with Crippen molar-refractivity contribution in [3.63, 3.8) is 0 Å². The maximum atomic E-state index is 4.08. The zero-order valence-corrected chi connectivity index (χ0v) is 15.1. The van der Waals surface area contributed by atoms with Crippen LogP contribution in [0.5, 0.6) is 0 Å². The van der Waals surface area contributed by atoms with Crippen LogP contribution in [0.4, 0.5) is 0 Å². The normalized spacial score (nSPS) is 9.25. The van der Waals surface area contributed by atoms with E-state index in [0.717, 1.165) is 28.6 Å². The molecule has 0 aliphatic heterocycles. The summed E-state index contributed by atoms with van der Waals surface area (Å²) in [4.78, 5) is 16.0. The molecule has 0 atom stereocenters. The summed E-state index contributed by atoms with van der Waals surface area (Å²) in [6.45, 7) is 11.5. The number of aryl methyl sites for hydroxylation is 6. The summed E-state index contributed by atoms with van der Waals surface area (Å²) in [5.74, 6) is 0.718. The van der Waals surface area contributed by atoms with Crippen molar-refractivity contribution in [1.29, 1.82) is 0 Å². The Hall–Kier alpha value is -2.76. The molecule has 3 rings (SSSR count). The number of aromatic nitrogens is 6. The molecule has 0 aliphatic rings. The van der Waals surface area contributed by atoms with Crippen LogP contribution >= 0.6 is 0 Å². The average Bonchev–Trinajstić information content (AvgIpc) is 2.57. The number of pyridine rings is 1. The quantitative estimate of drug-likeness (QED) is 0.631. The molecule has 3 aromatic heterocycles. The van der Waals surface area contributed by atoms with E-state index < -0.39 is 0 Å². The van der Waals surface area contributed by atoms with E-state index in [9.17, 15) is 0 Å². The van der Waals surface area contributed by atoms with Crippen molar-refractivity contribution < 1.29 is 0 Å². The van der Waals surface area contributed by atoms with E-state index in [1.54, 1.807) is 18.6 Å². The maximum absolute atomic E-state index is 4.08. The highest BCUT2D eigenvalue weighted by Crippen LogP contribution is 1.94. The van der Waals surface area contributed by atoms with Gasteiger partial charge in [0.15, 0.2) is 0 Å². The van der Waals surface area contributed by atoms with E-state index >= 15 is 0 Å². The van der Waals surface area contributed by atoms with Crippen LogP contribution in [0.2, 0.25) is 0 Å². The highest BCUT2D eigenvalue weighted by Gasteiger charge is 1.84. The van der Waals surface area contributed by atoms with E-state index in [-0.39, 0.29) is 0 Å². The molecule has 0 saturated heterocycles. The maximum Gasteiger partial charge on any atom is 0.147 e. The third-order valence-corrected chi connectivity index (χ3v) is 2.76. The molecule has 3 heterocycles. The minimum atomic E-state index is 0.718. The van der Waals surface area contributed by atoms with Gasteiger partial charge in [-0.3, -0.25) is 15.0 Å². The van der Waals surface area contributed by atoms with Gasteiger partial charge in [-0.1, -0.05) is 6.07 Å². The third-order valence-electron chi connectivity index (χ3n) is 2.76. The predicted molar refractivity (Wildman–Crippen MR) is 94.5 cm³/mol. The van der Waals surface area contributed by atoms with E-state index in [1.165, 1.54) is 5.56 Å². The van der Waals surface area contributed by atoms with Gasteiger partial charge < -0.3 is 0 Å². The van der Waals surface area contributed by atoms with Crippen LogP contribution in [0.25, 0.3) is 0 Å². The molecular weight excluding hydrogens is 300 g/mol. The molecule has 24 heavy (non-hydrogen) atoms. The largest absolute Gasteiger partial charge is 0.261 e. The van der Waals surface area contributed by atoms with Crippen molar-refractivity contribution in [2.45, 2.75) is 41.5 Å². The van der Waals surface area contributed by atoms with Gasteiger partial charge in [0.25, 0.3) is 0 Å². The molecule has 0 spiro atoms. The Labute approximate surface area is 143 Å². The van der Waals surface area contributed by atoms with Gasteiger partial charge in [0.2, 0.25) is 0 Å². The monoisotopic (exact) mass is 324 g/mol. The van der Waals surface area contributed by atoms with Crippen LogP contribution in [0.3, 0.4) is 0 Å². The van der Waals surface area contributed by atoms with Gasteiger partial charge in [-0.15, -0.1) is 5.10 Å². The first-order chi connectivity index (χ1) is 11.4. The molecule has 0 fully saturated rings. The summed E-state index contributed by atoms with van der Waals surface area (Å²) in [6, 6.07) is 4.07. The Morgan fingerprint density at radius 2 is 1.04 bits per heavy atom. The minimum absolute atomic E-state index is 0.718. The first-order valence-electron chi connectivity index (χ1n) is 7.64. The van der Waals surface area contributed by atoms with Gasteiger partial charge in [-0.25, -0.2) is 4.98 Å². The molecule has 0 aromatic carbocycles. The fraction of sp³-hybridized carbons (Fsp3) is 0.333. The summed E-state index contributed by atoms with van der Waals surface area (Å²) in [7, 11) is 0. The predicted octanol–water partition coefficient (Wildman–Crippen LogP) is 3.28. The molecule has 0 aliphatic carbocycles. The number of hydrogen-bond acceptors (Lipinski definition) is 6. The van der Waals surface area contributed by atoms with Crippen molar-refractivity contribution in [3.05, 3.63) is 71.1 Å². The molecule has 0 unspecified atom stereocenters. The highest BCUT2D eigenvalue weighted by atomic mass is 15.1. The fourth-order valence-electron chi connectivity index (χ4n) is 1.39. The fourth-order valence-corrected chi connectivity index (χ4v) is 1.39. The van der Waals surface area contributed by atoms with Crippen LogP contribution in [0.15, 0.2) is 36.9 Å². The lowest BCUT2D eigenvalue weighted by Gasteiger charge is -1.89. The molecule has 6 heteroatoms. The zero-order chi connectivity index (χ0) is 17.9. The Morgan fingerprint density at radius 1 is 0.500 bits per heavy atom. The smallest absolute Gasteiger partial charge is 0.147 e. The minimum Gasteiger partial charge on any atom is -0.261 e. The molecule has 0 bridgehead atoms. The van der Waals surface area contributed by atoms with Gasteiger partial charge in [0, 0.05) is 24.3 Å². The Kier molecular flexibility index (Phi) is 8.11. The summed E-state index contributed by atoms with van der Waals surface area (Å²) in [6.07, 6.45) is 7.09. The Morgan fingerprint density at radius 3 is 1.38 bits per heavy atom. The average molecular weight is 324 g/mol. The van der Waals surface area contributed by atoms with Crippen LogP contribution in [-0.4, -0.2) is 30.1 Å². The lowest BCUT2D eigenvalue weighted by Crippen LogP contribution is -1.91. The molecule has 0 N–H and O–H groups in total. The molecule has 126 valence electrons. The number of hydrogen-bond donors (Lipinski definition) is 0. The van der Waals surface area contributed by atoms with Gasteiger partial charge in [0.1, 0.15) is 5.82 Å². The van der Waals surface area contributed by atoms with Crippen molar-refractivity contribution in [2.75, 3.05) is 0 Å². The van der Waals surface area contributed by atoms with Crippen molar-refractivity contribution in [2.24, 2.45) is 0 Å². The zero-order valence-electron chi connectivity index (χ0n) is 15.1. The van der Waals surface area contributed by atoms with Crippen molar-refractivity contribution in [1.82, 2.24) is 30.1 Å². The lowest BCUT2D eigenvalue weighted by molar-refractivity contribution is 0.874. The number of nitrogens with zero attached hydrogens (tertiary/aromatic N) is 6. The van der Waals surface area contributed by atoms with E-state index in [4.69, 9.17) is 0 Å². The van der Waals surface area contributed by atoms with Gasteiger partial charge in [-0.05, 0) is 53.2 Å². The van der Waals surface area contributed by atoms with Crippen LogP contribution in [0.1, 0.15) is 34.2 Å². The van der Waals surface area contributed by atoms with Crippen molar-refractivity contribution >= 4 is 0 Å². The lowest BCUT2D eigenvalue weighted by atomic mass is 10.3. The Bertz CT molecular complexity index is 540. The van der Waals surface area contributed by atoms with Gasteiger partial charge >= 0.3 is 0 Å². The van der Waals surface area contributed by atoms with Gasteiger partial charge in [-0.2, -0.15) is 5.10 Å². The second kappa shape index (κ2) is 10.1. The summed E-state index contributed by atoms with van der Waals surface area (Å²) in [5, 5.41) is 7.48. The summed E-state index contributed by atoms with van der Waals surface area (Å²) < 4.78 is 0. The van der Waals surface area contributed by atoms with Crippen LogP contribution < -0.4 is 0 Å². The molecule has 0 saturated carbocycles. The molecule has 3 aromatic rings. The van der Waals surface area contributed by atoms with Crippen LogP contribution in [-0.2, 0) is 0 Å². The SMILES string of the molecule is Cc1ccc(C)nc1.Cc1cnc(C)cn1.Cc1cnc(C)nn1.